The van der Waals surface area contributed by atoms with Gasteiger partial charge < -0.3 is 25.3 Å². The molecule has 1 saturated carbocycles. The van der Waals surface area contributed by atoms with Crippen LogP contribution >= 0.6 is 0 Å². The van der Waals surface area contributed by atoms with Crippen LogP contribution < -0.4 is 20.3 Å². The zero-order valence-electron chi connectivity index (χ0n) is 19.5. The van der Waals surface area contributed by atoms with Gasteiger partial charge in [-0.2, -0.15) is 13.2 Å². The number of alkyl halides is 3. The number of halogens is 3. The number of carbonyl (C=O) groups excluding carboxylic acids is 1. The maximum atomic E-state index is 13.7. The molecule has 7 nitrogen and oxygen atoms in total. The summed E-state index contributed by atoms with van der Waals surface area (Å²) in [4.78, 5) is 21.0. The van der Waals surface area contributed by atoms with Gasteiger partial charge in [0.15, 0.2) is 0 Å². The maximum absolute atomic E-state index is 13.7. The highest BCUT2D eigenvalue weighted by Crippen LogP contribution is 2.40. The largest absolute Gasteiger partial charge is 0.494 e. The number of nitrogens with one attached hydrogen (secondary N) is 3. The van der Waals surface area contributed by atoms with Gasteiger partial charge in [-0.15, -0.1) is 0 Å². The molecule has 3 aromatic rings. The monoisotopic (exact) mass is 487 g/mol. The number of rotatable bonds is 6. The highest BCUT2D eigenvalue weighted by atomic mass is 19.4. The average molecular weight is 488 g/mol. The van der Waals surface area contributed by atoms with Crippen LogP contribution in [0.3, 0.4) is 0 Å². The molecule has 1 amide bonds. The predicted octanol–water partition coefficient (Wildman–Crippen LogP) is 6.21. The third-order valence-corrected chi connectivity index (χ3v) is 6.75. The molecule has 2 fully saturated rings. The van der Waals surface area contributed by atoms with Crippen molar-refractivity contribution >= 4 is 39.8 Å². The molecule has 2 aromatic heterocycles. The Morgan fingerprint density at radius 1 is 1.11 bits per heavy atom. The first-order chi connectivity index (χ1) is 16.8. The molecule has 2 aliphatic rings. The number of pyridine rings is 1. The Hall–Kier alpha value is -3.43. The zero-order chi connectivity index (χ0) is 24.6. The summed E-state index contributed by atoms with van der Waals surface area (Å²) >= 11 is 0. The molecule has 0 spiro atoms. The molecule has 186 valence electrons. The van der Waals surface area contributed by atoms with Gasteiger partial charge in [0.1, 0.15) is 17.2 Å². The topological polar surface area (TPSA) is 82.3 Å². The fourth-order valence-electron chi connectivity index (χ4n) is 5.01. The first-order valence-electron chi connectivity index (χ1n) is 11.9. The normalized spacial score (nSPS) is 17.3. The van der Waals surface area contributed by atoms with Gasteiger partial charge in [0.2, 0.25) is 5.91 Å². The second-order valence-electron chi connectivity index (χ2n) is 9.12. The van der Waals surface area contributed by atoms with Gasteiger partial charge >= 0.3 is 6.18 Å². The summed E-state index contributed by atoms with van der Waals surface area (Å²) in [6, 6.07) is 7.13. The van der Waals surface area contributed by atoms with Crippen LogP contribution in [0.4, 0.5) is 36.1 Å². The van der Waals surface area contributed by atoms with Gasteiger partial charge in [-0.3, -0.25) is 4.79 Å². The number of carbonyl (C=O) groups is 1. The number of methoxy groups -OCH3 is 1. The molecular formula is C25H28F3N5O2. The first-order valence-corrected chi connectivity index (χ1v) is 11.9. The second-order valence-corrected chi connectivity index (χ2v) is 9.12. The lowest BCUT2D eigenvalue weighted by atomic mass is 9.95. The molecule has 1 saturated heterocycles. The molecular weight excluding hydrogens is 459 g/mol. The van der Waals surface area contributed by atoms with Gasteiger partial charge in [0, 0.05) is 48.7 Å². The summed E-state index contributed by atoms with van der Waals surface area (Å²) in [7, 11) is 1.53. The van der Waals surface area contributed by atoms with Crippen LogP contribution in [0.2, 0.25) is 0 Å². The molecule has 35 heavy (non-hydrogen) atoms. The van der Waals surface area contributed by atoms with E-state index in [4.69, 9.17) is 4.74 Å². The lowest BCUT2D eigenvalue weighted by Gasteiger charge is -2.25. The van der Waals surface area contributed by atoms with Gasteiger partial charge in [0.25, 0.3) is 0 Å². The molecule has 3 N–H and O–H groups in total. The third kappa shape index (κ3) is 4.74. The number of nitrogens with zero attached hydrogens (tertiary/aromatic N) is 2. The number of aromatic nitrogens is 2. The number of H-pyrrole nitrogens is 1. The highest BCUT2D eigenvalue weighted by molar-refractivity contribution is 5.97. The fraction of sp³-hybridized carbons (Fsp3) is 0.440. The predicted molar refractivity (Wildman–Crippen MR) is 129 cm³/mol. The number of ether oxygens (including phenoxy) is 1. The van der Waals surface area contributed by atoms with E-state index in [1.807, 2.05) is 6.07 Å². The molecule has 10 heteroatoms. The molecule has 0 atom stereocenters. The first kappa shape index (κ1) is 23.3. The van der Waals surface area contributed by atoms with E-state index in [0.717, 1.165) is 50.4 Å². The van der Waals surface area contributed by atoms with E-state index < -0.39 is 11.7 Å². The molecule has 1 aromatic carbocycles. The Morgan fingerprint density at radius 3 is 2.60 bits per heavy atom. The molecule has 1 aliphatic heterocycles. The maximum Gasteiger partial charge on any atom is 0.418 e. The quantitative estimate of drug-likeness (QED) is 0.385. The van der Waals surface area contributed by atoms with Crippen molar-refractivity contribution in [2.75, 3.05) is 29.2 Å². The van der Waals surface area contributed by atoms with Gasteiger partial charge in [-0.25, -0.2) is 4.98 Å². The van der Waals surface area contributed by atoms with Crippen LogP contribution in [-0.4, -0.2) is 35.6 Å². The number of hydrogen-bond acceptors (Lipinski definition) is 5. The third-order valence-electron chi connectivity index (χ3n) is 6.75. The summed E-state index contributed by atoms with van der Waals surface area (Å²) in [5, 5.41) is 6.59. The Labute approximate surface area is 201 Å². The van der Waals surface area contributed by atoms with Crippen molar-refractivity contribution < 1.29 is 22.7 Å². The average Bonchev–Trinajstić information content (AvgIpc) is 3.46. The summed E-state index contributed by atoms with van der Waals surface area (Å²) in [5.74, 6) is 0.966. The van der Waals surface area contributed by atoms with E-state index in [9.17, 15) is 18.0 Å². The van der Waals surface area contributed by atoms with Crippen LogP contribution in [0, 0.1) is 0 Å². The van der Waals surface area contributed by atoms with E-state index in [2.05, 4.69) is 20.6 Å². The van der Waals surface area contributed by atoms with E-state index in [1.165, 1.54) is 7.11 Å². The van der Waals surface area contributed by atoms with E-state index in [0.29, 0.717) is 35.9 Å². The Kier molecular flexibility index (Phi) is 6.21. The number of fused-ring (bicyclic) bond motifs is 1. The van der Waals surface area contributed by atoms with Crippen molar-refractivity contribution in [3.05, 3.63) is 36.0 Å². The van der Waals surface area contributed by atoms with Crippen LogP contribution in [0.5, 0.6) is 5.75 Å². The molecule has 5 rings (SSSR count). The van der Waals surface area contributed by atoms with Crippen molar-refractivity contribution in [1.29, 1.82) is 0 Å². The molecule has 0 radical (unpaired) electrons. The number of anilines is 4. The zero-order valence-corrected chi connectivity index (χ0v) is 19.5. The highest BCUT2D eigenvalue weighted by Gasteiger charge is 2.35. The standard InChI is InChI=1S/C25H28F3N5O2/c1-35-20-12-16(33-11-5-8-22(33)34)9-10-18(20)31-21-13-19(30-15-6-3-2-4-7-15)23-17(25(26,27)28)14-29-24(23)32-21/h9-10,12-15H,2-8,11H2,1H3,(H3,29,30,31,32). The second kappa shape index (κ2) is 9.31. The summed E-state index contributed by atoms with van der Waals surface area (Å²) in [5.41, 5.74) is 1.16. The number of aromatic amines is 1. The van der Waals surface area contributed by atoms with Crippen LogP contribution in [-0.2, 0) is 11.0 Å². The van der Waals surface area contributed by atoms with Crippen molar-refractivity contribution in [2.45, 2.75) is 57.2 Å². The summed E-state index contributed by atoms with van der Waals surface area (Å²) < 4.78 is 46.7. The Morgan fingerprint density at radius 2 is 1.91 bits per heavy atom. The van der Waals surface area contributed by atoms with Gasteiger partial charge in [-0.1, -0.05) is 19.3 Å². The fourth-order valence-corrected chi connectivity index (χ4v) is 5.01. The molecule has 0 unspecified atom stereocenters. The smallest absolute Gasteiger partial charge is 0.418 e. The van der Waals surface area contributed by atoms with Gasteiger partial charge in [0.05, 0.1) is 23.7 Å². The van der Waals surface area contributed by atoms with Crippen LogP contribution in [0.15, 0.2) is 30.5 Å². The van der Waals surface area contributed by atoms with E-state index >= 15 is 0 Å². The number of hydrogen-bond donors (Lipinski definition) is 3. The molecule has 0 bridgehead atoms. The molecule has 1 aliphatic carbocycles. The lowest BCUT2D eigenvalue weighted by Crippen LogP contribution is -2.23. The molecule has 3 heterocycles. The Balaban J connectivity index is 1.50. The van der Waals surface area contributed by atoms with Crippen molar-refractivity contribution in [2.24, 2.45) is 0 Å². The minimum absolute atomic E-state index is 0.0449. The van der Waals surface area contributed by atoms with E-state index in [1.54, 1.807) is 23.1 Å². The Bertz CT molecular complexity index is 1230. The van der Waals surface area contributed by atoms with Crippen molar-refractivity contribution in [3.8, 4) is 5.75 Å². The lowest BCUT2D eigenvalue weighted by molar-refractivity contribution is -0.136. The van der Waals surface area contributed by atoms with Crippen molar-refractivity contribution in [3.63, 3.8) is 0 Å². The minimum Gasteiger partial charge on any atom is -0.494 e. The van der Waals surface area contributed by atoms with E-state index in [-0.39, 0.29) is 23.0 Å². The SMILES string of the molecule is COc1cc(N2CCCC2=O)ccc1Nc1cc(NC2CCCCC2)c2c(C(F)(F)F)c[nH]c2n1. The minimum atomic E-state index is -4.50. The number of amides is 1. The van der Waals surface area contributed by atoms with Crippen LogP contribution in [0.1, 0.15) is 50.5 Å². The van der Waals surface area contributed by atoms with Crippen molar-refractivity contribution in [1.82, 2.24) is 9.97 Å². The van der Waals surface area contributed by atoms with Crippen LogP contribution in [0.25, 0.3) is 11.0 Å². The summed E-state index contributed by atoms with van der Waals surface area (Å²) in [6.07, 6.45) is 2.91. The number of benzene rings is 1. The summed E-state index contributed by atoms with van der Waals surface area (Å²) in [6.45, 7) is 0.664. The van der Waals surface area contributed by atoms with Gasteiger partial charge in [-0.05, 0) is 31.4 Å².